The van der Waals surface area contributed by atoms with Crippen LogP contribution in [-0.2, 0) is 11.4 Å². The molecule has 3 rings (SSSR count). The van der Waals surface area contributed by atoms with Crippen molar-refractivity contribution in [2.75, 3.05) is 5.32 Å². The number of halogens is 1. The number of carbonyl (C=O) groups is 1. The highest BCUT2D eigenvalue weighted by atomic mass is 127. The number of nitrogens with one attached hydrogen (secondary N) is 1. The van der Waals surface area contributed by atoms with Crippen molar-refractivity contribution in [3.8, 4) is 17.6 Å². The number of benzene rings is 3. The number of rotatable bonds is 6. The number of hydrogen-bond donors (Lipinski definition) is 2. The molecule has 0 aliphatic carbocycles. The molecule has 0 heterocycles. The fourth-order valence-corrected chi connectivity index (χ4v) is 3.44. The second-order valence-corrected chi connectivity index (χ2v) is 7.80. The number of anilines is 1. The zero-order chi connectivity index (χ0) is 21.5. The fraction of sp³-hybridized carbons (Fsp3) is 0.0833. The third-order valence-corrected chi connectivity index (χ3v) is 5.08. The summed E-state index contributed by atoms with van der Waals surface area (Å²) in [7, 11) is 0. The van der Waals surface area contributed by atoms with Crippen LogP contribution in [0.25, 0.3) is 6.08 Å². The first-order valence-electron chi connectivity index (χ1n) is 9.14. The first-order valence-corrected chi connectivity index (χ1v) is 10.2. The highest BCUT2D eigenvalue weighted by molar-refractivity contribution is 14.1. The molecule has 5 nitrogen and oxygen atoms in total. The summed E-state index contributed by atoms with van der Waals surface area (Å²) in [5.41, 5.74) is 3.47. The molecule has 0 unspecified atom stereocenters. The van der Waals surface area contributed by atoms with E-state index in [1.165, 1.54) is 23.8 Å². The molecule has 0 aromatic heterocycles. The Kier molecular flexibility index (Phi) is 7.09. The lowest BCUT2D eigenvalue weighted by atomic mass is 10.1. The van der Waals surface area contributed by atoms with E-state index in [-0.39, 0.29) is 11.3 Å². The predicted molar refractivity (Wildman–Crippen MR) is 125 cm³/mol. The molecular weight excluding hydrogens is 491 g/mol. The summed E-state index contributed by atoms with van der Waals surface area (Å²) in [4.78, 5) is 12.4. The van der Waals surface area contributed by atoms with E-state index in [1.54, 1.807) is 18.2 Å². The van der Waals surface area contributed by atoms with E-state index in [9.17, 15) is 15.2 Å². The van der Waals surface area contributed by atoms with E-state index in [0.29, 0.717) is 12.3 Å². The Morgan fingerprint density at radius 2 is 1.93 bits per heavy atom. The molecule has 0 saturated carbocycles. The fourth-order valence-electron chi connectivity index (χ4n) is 2.75. The van der Waals surface area contributed by atoms with Crippen molar-refractivity contribution < 1.29 is 14.6 Å². The molecule has 0 saturated heterocycles. The molecule has 2 N–H and O–H groups in total. The van der Waals surface area contributed by atoms with Gasteiger partial charge in [-0.2, -0.15) is 5.26 Å². The number of phenols is 1. The number of amides is 1. The lowest BCUT2D eigenvalue weighted by Crippen LogP contribution is -2.13. The number of ether oxygens (including phenoxy) is 1. The van der Waals surface area contributed by atoms with Gasteiger partial charge in [0.05, 0.1) is 3.57 Å². The van der Waals surface area contributed by atoms with Crippen molar-refractivity contribution in [1.82, 2.24) is 0 Å². The van der Waals surface area contributed by atoms with Crippen LogP contribution in [-0.4, -0.2) is 11.0 Å². The van der Waals surface area contributed by atoms with Crippen molar-refractivity contribution in [2.24, 2.45) is 0 Å². The van der Waals surface area contributed by atoms with Crippen molar-refractivity contribution in [3.63, 3.8) is 0 Å². The number of aryl methyl sites for hydroxylation is 1. The number of phenolic OH excluding ortho intramolecular Hbond substituents is 1. The Bertz CT molecular complexity index is 1130. The summed E-state index contributed by atoms with van der Waals surface area (Å²) in [6.07, 6.45) is 1.53. The summed E-state index contributed by atoms with van der Waals surface area (Å²) in [6, 6.07) is 21.6. The Balaban J connectivity index is 1.70. The third kappa shape index (κ3) is 5.84. The van der Waals surface area contributed by atoms with Gasteiger partial charge in [0.15, 0.2) is 0 Å². The minimum Gasteiger partial charge on any atom is -0.508 e. The van der Waals surface area contributed by atoms with Crippen LogP contribution < -0.4 is 10.1 Å². The van der Waals surface area contributed by atoms with Crippen LogP contribution in [0.15, 0.2) is 72.3 Å². The van der Waals surface area contributed by atoms with Gasteiger partial charge in [-0.3, -0.25) is 4.79 Å². The van der Waals surface area contributed by atoms with Gasteiger partial charge in [0, 0.05) is 5.69 Å². The van der Waals surface area contributed by atoms with Gasteiger partial charge in [-0.05, 0) is 83.1 Å². The summed E-state index contributed by atoms with van der Waals surface area (Å²) in [5, 5.41) is 21.3. The van der Waals surface area contributed by atoms with E-state index in [2.05, 4.69) is 34.0 Å². The van der Waals surface area contributed by atoms with Crippen molar-refractivity contribution >= 4 is 40.3 Å². The van der Waals surface area contributed by atoms with Gasteiger partial charge in [-0.1, -0.05) is 35.9 Å². The zero-order valence-corrected chi connectivity index (χ0v) is 18.4. The van der Waals surface area contributed by atoms with Gasteiger partial charge in [-0.25, -0.2) is 0 Å². The Morgan fingerprint density at radius 3 is 2.60 bits per heavy atom. The van der Waals surface area contributed by atoms with E-state index >= 15 is 0 Å². The molecular formula is C24H19IN2O3. The maximum absolute atomic E-state index is 12.4. The molecule has 6 heteroatoms. The summed E-state index contributed by atoms with van der Waals surface area (Å²) in [6.45, 7) is 2.50. The van der Waals surface area contributed by atoms with Gasteiger partial charge < -0.3 is 15.2 Å². The standard InChI is InChI=1S/C24H19IN2O3/c1-16-3-2-4-18(11-16)15-30-23-10-5-17(13-22(23)25)12-19(14-26)24(29)27-20-6-8-21(28)9-7-20/h2-13,28H,15H2,1H3,(H,27,29)/b19-12+. The minimum atomic E-state index is -0.516. The molecule has 0 aliphatic rings. The van der Waals surface area contributed by atoms with E-state index in [0.717, 1.165) is 20.4 Å². The van der Waals surface area contributed by atoms with Crippen LogP contribution in [0.2, 0.25) is 0 Å². The molecule has 3 aromatic rings. The van der Waals surface area contributed by atoms with Crippen LogP contribution in [0.4, 0.5) is 5.69 Å². The van der Waals surface area contributed by atoms with E-state index in [4.69, 9.17) is 4.74 Å². The maximum Gasteiger partial charge on any atom is 0.266 e. The van der Waals surface area contributed by atoms with E-state index < -0.39 is 5.91 Å². The average molecular weight is 510 g/mol. The quantitative estimate of drug-likeness (QED) is 0.201. The van der Waals surface area contributed by atoms with Gasteiger partial charge in [0.25, 0.3) is 5.91 Å². The smallest absolute Gasteiger partial charge is 0.266 e. The topological polar surface area (TPSA) is 82.3 Å². The number of hydrogen-bond acceptors (Lipinski definition) is 4. The second kappa shape index (κ2) is 9.94. The molecule has 0 radical (unpaired) electrons. The van der Waals surface area contributed by atoms with Crippen LogP contribution in [0.1, 0.15) is 16.7 Å². The number of carbonyl (C=O) groups excluding carboxylic acids is 1. The molecule has 0 atom stereocenters. The van der Waals surface area contributed by atoms with Crippen molar-refractivity contribution in [3.05, 3.63) is 92.6 Å². The highest BCUT2D eigenvalue weighted by Gasteiger charge is 2.11. The average Bonchev–Trinajstić information content (AvgIpc) is 2.73. The second-order valence-electron chi connectivity index (χ2n) is 6.64. The number of aromatic hydroxyl groups is 1. The van der Waals surface area contributed by atoms with Gasteiger partial charge in [0.2, 0.25) is 0 Å². The lowest BCUT2D eigenvalue weighted by Gasteiger charge is -2.10. The lowest BCUT2D eigenvalue weighted by molar-refractivity contribution is -0.112. The van der Waals surface area contributed by atoms with Crippen LogP contribution in [0, 0.1) is 21.8 Å². The molecule has 1 amide bonds. The molecule has 0 fully saturated rings. The number of nitrogens with zero attached hydrogens (tertiary/aromatic N) is 1. The molecule has 30 heavy (non-hydrogen) atoms. The predicted octanol–water partition coefficient (Wildman–Crippen LogP) is 5.43. The van der Waals surface area contributed by atoms with Gasteiger partial charge in [0.1, 0.15) is 29.7 Å². The first-order chi connectivity index (χ1) is 14.4. The SMILES string of the molecule is Cc1cccc(COc2ccc(/C=C(\C#N)C(=O)Nc3ccc(O)cc3)cc2I)c1. The van der Waals surface area contributed by atoms with Gasteiger partial charge >= 0.3 is 0 Å². The monoisotopic (exact) mass is 510 g/mol. The molecule has 3 aromatic carbocycles. The first kappa shape index (κ1) is 21.4. The molecule has 0 bridgehead atoms. The zero-order valence-electron chi connectivity index (χ0n) is 16.2. The molecule has 0 spiro atoms. The minimum absolute atomic E-state index is 0.0210. The summed E-state index contributed by atoms with van der Waals surface area (Å²) < 4.78 is 6.79. The van der Waals surface area contributed by atoms with Crippen LogP contribution >= 0.6 is 22.6 Å². The van der Waals surface area contributed by atoms with E-state index in [1.807, 2.05) is 43.3 Å². The highest BCUT2D eigenvalue weighted by Crippen LogP contribution is 2.25. The van der Waals surface area contributed by atoms with Crippen molar-refractivity contribution in [1.29, 1.82) is 5.26 Å². The Hall–Kier alpha value is -3.31. The molecule has 0 aliphatic heterocycles. The Morgan fingerprint density at radius 1 is 1.17 bits per heavy atom. The largest absolute Gasteiger partial charge is 0.508 e. The Labute approximate surface area is 188 Å². The van der Waals surface area contributed by atoms with Crippen LogP contribution in [0.3, 0.4) is 0 Å². The number of nitriles is 1. The third-order valence-electron chi connectivity index (χ3n) is 4.23. The van der Waals surface area contributed by atoms with Gasteiger partial charge in [-0.15, -0.1) is 0 Å². The van der Waals surface area contributed by atoms with Crippen LogP contribution in [0.5, 0.6) is 11.5 Å². The summed E-state index contributed by atoms with van der Waals surface area (Å²) in [5.74, 6) is 0.322. The summed E-state index contributed by atoms with van der Waals surface area (Å²) >= 11 is 2.17. The maximum atomic E-state index is 12.4. The molecule has 150 valence electrons. The normalized spacial score (nSPS) is 10.9. The van der Waals surface area contributed by atoms with Crippen molar-refractivity contribution in [2.45, 2.75) is 13.5 Å².